The molecule has 28 heavy (non-hydrogen) atoms. The van der Waals surface area contributed by atoms with Crippen molar-refractivity contribution in [2.24, 2.45) is 22.2 Å². The molecule has 1 rings (SSSR count). The number of hydrogen-bond donors (Lipinski definition) is 6. The molecule has 0 radical (unpaired) electrons. The first kappa shape index (κ1) is 23.4. The van der Waals surface area contributed by atoms with E-state index in [0.717, 1.165) is 38.6 Å². The maximum Gasteiger partial charge on any atom is 0.349 e. The highest BCUT2D eigenvalue weighted by Crippen LogP contribution is 2.07. The zero-order valence-corrected chi connectivity index (χ0v) is 16.5. The first-order valence-electron chi connectivity index (χ1n) is 9.51. The van der Waals surface area contributed by atoms with E-state index in [9.17, 15) is 9.59 Å². The maximum atomic E-state index is 12.1. The summed E-state index contributed by atoms with van der Waals surface area (Å²) >= 11 is 0. The summed E-state index contributed by atoms with van der Waals surface area (Å²) in [4.78, 5) is 31.2. The van der Waals surface area contributed by atoms with Crippen LogP contribution >= 0.6 is 0 Å². The molecule has 1 heterocycles. The average molecular weight is 396 g/mol. The van der Waals surface area contributed by atoms with Gasteiger partial charge < -0.3 is 27.8 Å². The standard InChI is InChI=1S/C17H33N9O2/c1-21-16(27)24-14-7-12-26(17(28)25-14)11-3-6-13(22-10-4-8-18)5-2-9-23-15(19)20/h7,12-13,22H,2-6,8-11,18H2,1H3,(H4,19,20,23)(H2,21,24,25,27,28)/t13-/m0/s1. The topological polar surface area (TPSA) is 178 Å². The molecule has 0 aliphatic carbocycles. The molecule has 11 nitrogen and oxygen atoms in total. The van der Waals surface area contributed by atoms with E-state index in [-0.39, 0.29) is 11.8 Å². The van der Waals surface area contributed by atoms with Gasteiger partial charge >= 0.3 is 11.7 Å². The van der Waals surface area contributed by atoms with Gasteiger partial charge in [0.15, 0.2) is 5.96 Å². The van der Waals surface area contributed by atoms with Crippen molar-refractivity contribution in [1.29, 1.82) is 0 Å². The van der Waals surface area contributed by atoms with Crippen LogP contribution in [0, 0.1) is 0 Å². The maximum absolute atomic E-state index is 12.1. The van der Waals surface area contributed by atoms with Crippen LogP contribution in [0.3, 0.4) is 0 Å². The second kappa shape index (κ2) is 13.5. The number of carbonyl (C=O) groups is 1. The fraction of sp³-hybridized carbons (Fsp3) is 0.647. The van der Waals surface area contributed by atoms with Crippen molar-refractivity contribution in [3.8, 4) is 0 Å². The molecule has 0 bridgehead atoms. The van der Waals surface area contributed by atoms with Crippen molar-refractivity contribution >= 4 is 17.8 Å². The second-order valence-corrected chi connectivity index (χ2v) is 6.38. The van der Waals surface area contributed by atoms with Crippen molar-refractivity contribution < 1.29 is 4.79 Å². The summed E-state index contributed by atoms with van der Waals surface area (Å²) < 4.78 is 1.53. The van der Waals surface area contributed by atoms with Crippen molar-refractivity contribution in [2.45, 2.75) is 44.7 Å². The van der Waals surface area contributed by atoms with Gasteiger partial charge in [-0.3, -0.25) is 14.9 Å². The summed E-state index contributed by atoms with van der Waals surface area (Å²) in [6.45, 7) is 2.64. The van der Waals surface area contributed by atoms with Crippen LogP contribution in [0.1, 0.15) is 32.1 Å². The Balaban J connectivity index is 2.51. The fourth-order valence-corrected chi connectivity index (χ4v) is 2.66. The number of guanidine groups is 1. The molecule has 0 aromatic carbocycles. The number of nitrogens with two attached hydrogens (primary N) is 3. The van der Waals surface area contributed by atoms with Crippen LogP contribution < -0.4 is 38.8 Å². The lowest BCUT2D eigenvalue weighted by Crippen LogP contribution is -2.32. The molecule has 0 spiro atoms. The molecule has 1 atom stereocenters. The van der Waals surface area contributed by atoms with Crippen LogP contribution in [0.15, 0.2) is 22.1 Å². The Kier molecular flexibility index (Phi) is 11.3. The summed E-state index contributed by atoms with van der Waals surface area (Å²) in [7, 11) is 1.49. The van der Waals surface area contributed by atoms with E-state index in [2.05, 4.69) is 25.9 Å². The lowest BCUT2D eigenvalue weighted by atomic mass is 10.1. The largest absolute Gasteiger partial charge is 0.370 e. The fourth-order valence-electron chi connectivity index (χ4n) is 2.66. The summed E-state index contributed by atoms with van der Waals surface area (Å²) in [5.74, 6) is 0.329. The third kappa shape index (κ3) is 9.88. The molecule has 158 valence electrons. The van der Waals surface area contributed by atoms with E-state index in [0.29, 0.717) is 25.7 Å². The number of nitrogens with zero attached hydrogens (tertiary/aromatic N) is 3. The smallest absolute Gasteiger partial charge is 0.349 e. The normalized spacial score (nSPS) is 11.6. The zero-order valence-electron chi connectivity index (χ0n) is 16.5. The molecule has 1 aromatic rings. The molecule has 0 aliphatic rings. The van der Waals surface area contributed by atoms with E-state index < -0.39 is 11.7 Å². The summed E-state index contributed by atoms with van der Waals surface area (Å²) in [6, 6.07) is 1.48. The van der Waals surface area contributed by atoms with Crippen LogP contribution in [0.25, 0.3) is 0 Å². The highest BCUT2D eigenvalue weighted by atomic mass is 16.2. The molecule has 2 amide bonds. The van der Waals surface area contributed by atoms with Crippen LogP contribution in [0.5, 0.6) is 0 Å². The third-order valence-electron chi connectivity index (χ3n) is 4.11. The minimum atomic E-state index is -0.420. The van der Waals surface area contributed by atoms with Crippen LogP contribution in [0.4, 0.5) is 10.6 Å². The van der Waals surface area contributed by atoms with E-state index in [1.165, 1.54) is 11.6 Å². The van der Waals surface area contributed by atoms with Crippen LogP contribution in [-0.4, -0.2) is 54.3 Å². The number of nitrogens with one attached hydrogen (secondary N) is 3. The minimum absolute atomic E-state index is 0.105. The molecular formula is C17H33N9O2. The van der Waals surface area contributed by atoms with E-state index >= 15 is 0 Å². The molecule has 0 aliphatic heterocycles. The van der Waals surface area contributed by atoms with Gasteiger partial charge in [-0.15, -0.1) is 0 Å². The van der Waals surface area contributed by atoms with Gasteiger partial charge in [-0.1, -0.05) is 0 Å². The molecule has 1 aromatic heterocycles. The number of hydrogen-bond acceptors (Lipinski definition) is 6. The molecule has 0 saturated carbocycles. The summed E-state index contributed by atoms with van der Waals surface area (Å²) in [5, 5.41) is 8.38. The highest BCUT2D eigenvalue weighted by molar-refractivity contribution is 5.87. The summed E-state index contributed by atoms with van der Waals surface area (Å²) in [6.07, 6.45) is 6.07. The number of anilines is 1. The molecule has 11 heteroatoms. The third-order valence-corrected chi connectivity index (χ3v) is 4.11. The SMILES string of the molecule is CNC(=O)Nc1ccn(CCC[C@H](CCCN=C(N)N)NCCCN)c(=O)n1. The number of urea groups is 1. The Labute approximate surface area is 165 Å². The molecule has 0 fully saturated rings. The van der Waals surface area contributed by atoms with E-state index in [1.807, 2.05) is 0 Å². The van der Waals surface area contributed by atoms with Gasteiger partial charge in [-0.25, -0.2) is 9.59 Å². The summed E-state index contributed by atoms with van der Waals surface area (Å²) in [5.41, 5.74) is 15.8. The van der Waals surface area contributed by atoms with Crippen molar-refractivity contribution in [2.75, 3.05) is 32.0 Å². The Bertz CT molecular complexity index is 671. The predicted molar refractivity (Wildman–Crippen MR) is 111 cm³/mol. The monoisotopic (exact) mass is 395 g/mol. The van der Waals surface area contributed by atoms with Gasteiger partial charge in [0.05, 0.1) is 0 Å². The zero-order chi connectivity index (χ0) is 20.8. The van der Waals surface area contributed by atoms with Gasteiger partial charge in [-0.05, 0) is 51.3 Å². The van der Waals surface area contributed by atoms with Gasteiger partial charge in [0, 0.05) is 32.4 Å². The van der Waals surface area contributed by atoms with Crippen LogP contribution in [0.2, 0.25) is 0 Å². The molecule has 0 unspecified atom stereocenters. The van der Waals surface area contributed by atoms with E-state index in [1.54, 1.807) is 12.3 Å². The number of carbonyl (C=O) groups excluding carboxylic acids is 1. The molecule has 9 N–H and O–H groups in total. The molecular weight excluding hydrogens is 362 g/mol. The van der Waals surface area contributed by atoms with Crippen molar-refractivity contribution in [3.63, 3.8) is 0 Å². The molecule has 0 saturated heterocycles. The number of amides is 2. The Morgan fingerprint density at radius 2 is 2.04 bits per heavy atom. The Morgan fingerprint density at radius 1 is 1.29 bits per heavy atom. The quantitative estimate of drug-likeness (QED) is 0.143. The van der Waals surface area contributed by atoms with E-state index in [4.69, 9.17) is 17.2 Å². The lowest BCUT2D eigenvalue weighted by Gasteiger charge is -2.18. The van der Waals surface area contributed by atoms with Gasteiger partial charge in [0.2, 0.25) is 0 Å². The first-order valence-corrected chi connectivity index (χ1v) is 9.51. The van der Waals surface area contributed by atoms with Crippen molar-refractivity contribution in [1.82, 2.24) is 20.2 Å². The van der Waals surface area contributed by atoms with Gasteiger partial charge in [0.1, 0.15) is 5.82 Å². The predicted octanol–water partition coefficient (Wildman–Crippen LogP) is -0.865. The Morgan fingerprint density at radius 3 is 2.68 bits per heavy atom. The number of aryl methyl sites for hydroxylation is 1. The number of aromatic nitrogens is 2. The average Bonchev–Trinajstić information content (AvgIpc) is 2.66. The Hall–Kier alpha value is -2.66. The minimum Gasteiger partial charge on any atom is -0.370 e. The van der Waals surface area contributed by atoms with Crippen LogP contribution in [-0.2, 0) is 6.54 Å². The highest BCUT2D eigenvalue weighted by Gasteiger charge is 2.09. The first-order chi connectivity index (χ1) is 13.5. The van der Waals surface area contributed by atoms with Crippen molar-refractivity contribution in [3.05, 3.63) is 22.7 Å². The lowest BCUT2D eigenvalue weighted by molar-refractivity contribution is 0.254. The second-order valence-electron chi connectivity index (χ2n) is 6.38. The number of aliphatic imine (C=N–C) groups is 1. The van der Waals surface area contributed by atoms with Gasteiger partial charge in [-0.2, -0.15) is 4.98 Å². The van der Waals surface area contributed by atoms with Gasteiger partial charge in [0.25, 0.3) is 0 Å². The number of rotatable bonds is 13.